The van der Waals surface area contributed by atoms with Gasteiger partial charge in [0, 0.05) is 38.9 Å². The quantitative estimate of drug-likeness (QED) is 0.865. The fraction of sp³-hybridized carbons (Fsp3) is 0.733. The Morgan fingerprint density at radius 1 is 1.40 bits per heavy atom. The van der Waals surface area contributed by atoms with Gasteiger partial charge in [0.25, 0.3) is 0 Å². The molecule has 0 saturated carbocycles. The zero-order valence-corrected chi connectivity index (χ0v) is 13.8. The number of aromatic nitrogens is 2. The van der Waals surface area contributed by atoms with Gasteiger partial charge < -0.3 is 4.90 Å². The lowest BCUT2D eigenvalue weighted by Crippen LogP contribution is -2.45. The Morgan fingerprint density at radius 3 is 2.40 bits per heavy atom. The van der Waals surface area contributed by atoms with Crippen LogP contribution in [0.5, 0.6) is 0 Å². The topological polar surface area (TPSA) is 50.2 Å². The summed E-state index contributed by atoms with van der Waals surface area (Å²) in [4.78, 5) is 13.9. The van der Waals surface area contributed by atoms with Crippen molar-refractivity contribution in [3.8, 4) is 0 Å². The molecule has 114 valence electrons. The van der Waals surface area contributed by atoms with E-state index in [9.17, 15) is 4.79 Å². The van der Waals surface area contributed by atoms with E-state index in [4.69, 9.17) is 0 Å². The van der Waals surface area contributed by atoms with Crippen LogP contribution in [0, 0.1) is 12.8 Å². The first-order valence-electron chi connectivity index (χ1n) is 7.19. The number of hydrogen-bond donors (Lipinski definition) is 1. The average Bonchev–Trinajstić information content (AvgIpc) is 2.65. The summed E-state index contributed by atoms with van der Waals surface area (Å²) in [5, 5.41) is 7.82. The summed E-state index contributed by atoms with van der Waals surface area (Å²) in [6, 6.07) is -0.0454. The van der Waals surface area contributed by atoms with E-state index in [1.54, 1.807) is 19.0 Å². The minimum atomic E-state index is -0.153. The van der Waals surface area contributed by atoms with Crippen molar-refractivity contribution in [2.45, 2.75) is 46.2 Å². The lowest BCUT2D eigenvalue weighted by molar-refractivity contribution is -0.131. The van der Waals surface area contributed by atoms with E-state index in [2.05, 4.69) is 31.2 Å². The third kappa shape index (κ3) is 4.34. The van der Waals surface area contributed by atoms with Crippen LogP contribution in [0.1, 0.15) is 44.5 Å². The Morgan fingerprint density at radius 2 is 2.00 bits per heavy atom. The van der Waals surface area contributed by atoms with Crippen molar-refractivity contribution >= 4 is 5.91 Å². The number of hydrogen-bond acceptors (Lipinski definition) is 3. The van der Waals surface area contributed by atoms with E-state index in [0.29, 0.717) is 5.92 Å². The van der Waals surface area contributed by atoms with Crippen LogP contribution in [-0.2, 0) is 11.8 Å². The minimum Gasteiger partial charge on any atom is -0.347 e. The molecule has 20 heavy (non-hydrogen) atoms. The first-order chi connectivity index (χ1) is 9.22. The molecule has 1 rings (SSSR count). The van der Waals surface area contributed by atoms with Crippen LogP contribution in [0.4, 0.5) is 0 Å². The molecule has 2 unspecified atom stereocenters. The van der Waals surface area contributed by atoms with Crippen LogP contribution in [0.3, 0.4) is 0 Å². The van der Waals surface area contributed by atoms with Crippen LogP contribution in [0.25, 0.3) is 0 Å². The smallest absolute Gasteiger partial charge is 0.239 e. The third-order valence-corrected chi connectivity index (χ3v) is 3.42. The van der Waals surface area contributed by atoms with E-state index in [-0.39, 0.29) is 18.0 Å². The second kappa shape index (κ2) is 6.88. The van der Waals surface area contributed by atoms with E-state index in [1.165, 1.54) is 0 Å². The zero-order chi connectivity index (χ0) is 15.4. The Hall–Kier alpha value is -1.36. The predicted molar refractivity (Wildman–Crippen MR) is 81.4 cm³/mol. The predicted octanol–water partition coefficient (Wildman–Crippen LogP) is 1.88. The van der Waals surface area contributed by atoms with Gasteiger partial charge in [-0.15, -0.1) is 0 Å². The maximum Gasteiger partial charge on any atom is 0.239 e. The number of rotatable bonds is 6. The van der Waals surface area contributed by atoms with E-state index in [1.807, 2.05) is 24.9 Å². The molecule has 0 fully saturated rings. The summed E-state index contributed by atoms with van der Waals surface area (Å²) >= 11 is 0. The summed E-state index contributed by atoms with van der Waals surface area (Å²) in [5.41, 5.74) is 2.15. The fourth-order valence-electron chi connectivity index (χ4n) is 2.46. The van der Waals surface area contributed by atoms with Crippen LogP contribution < -0.4 is 5.32 Å². The summed E-state index contributed by atoms with van der Waals surface area (Å²) in [6.45, 7) is 8.36. The van der Waals surface area contributed by atoms with Crippen LogP contribution in [0.15, 0.2) is 6.20 Å². The summed E-state index contributed by atoms with van der Waals surface area (Å²) in [6.07, 6.45) is 2.85. The van der Waals surface area contributed by atoms with Gasteiger partial charge in [-0.2, -0.15) is 5.10 Å². The van der Waals surface area contributed by atoms with Crippen molar-refractivity contribution in [1.82, 2.24) is 20.0 Å². The van der Waals surface area contributed by atoms with E-state index < -0.39 is 0 Å². The van der Waals surface area contributed by atoms with Crippen molar-refractivity contribution in [2.75, 3.05) is 14.1 Å². The molecule has 0 aliphatic heterocycles. The zero-order valence-electron chi connectivity index (χ0n) is 13.8. The lowest BCUT2D eigenvalue weighted by Gasteiger charge is -2.26. The normalized spacial score (nSPS) is 14.4. The maximum absolute atomic E-state index is 12.3. The first-order valence-corrected chi connectivity index (χ1v) is 7.19. The number of likely N-dealkylation sites (N-methyl/N-ethyl adjacent to an activating group) is 1. The molecule has 1 aromatic rings. The number of carbonyl (C=O) groups excluding carboxylic acids is 1. The highest BCUT2D eigenvalue weighted by atomic mass is 16.2. The van der Waals surface area contributed by atoms with Crippen LogP contribution in [0.2, 0.25) is 0 Å². The Kier molecular flexibility index (Phi) is 5.74. The SMILES string of the molecule is Cc1nn(C)cc1C(C)NC(CC(C)C)C(=O)N(C)C. The second-order valence-corrected chi connectivity index (χ2v) is 6.15. The number of nitrogens with zero attached hydrogens (tertiary/aromatic N) is 3. The van der Waals surface area contributed by atoms with Gasteiger partial charge in [-0.25, -0.2) is 0 Å². The van der Waals surface area contributed by atoms with Gasteiger partial charge in [0.1, 0.15) is 0 Å². The van der Waals surface area contributed by atoms with Gasteiger partial charge in [-0.1, -0.05) is 13.8 Å². The Labute approximate surface area is 122 Å². The van der Waals surface area contributed by atoms with Crippen molar-refractivity contribution in [2.24, 2.45) is 13.0 Å². The van der Waals surface area contributed by atoms with Gasteiger partial charge >= 0.3 is 0 Å². The van der Waals surface area contributed by atoms with Gasteiger partial charge in [0.2, 0.25) is 5.91 Å². The maximum atomic E-state index is 12.3. The van der Waals surface area contributed by atoms with Gasteiger partial charge in [0.05, 0.1) is 11.7 Å². The summed E-state index contributed by atoms with van der Waals surface area (Å²) in [7, 11) is 5.52. The van der Waals surface area contributed by atoms with Gasteiger partial charge in [-0.3, -0.25) is 14.8 Å². The fourth-order valence-corrected chi connectivity index (χ4v) is 2.46. The molecule has 2 atom stereocenters. The highest BCUT2D eigenvalue weighted by Gasteiger charge is 2.24. The first kappa shape index (κ1) is 16.7. The largest absolute Gasteiger partial charge is 0.347 e. The van der Waals surface area contributed by atoms with Crippen molar-refractivity contribution < 1.29 is 4.79 Å². The third-order valence-electron chi connectivity index (χ3n) is 3.42. The molecule has 1 aromatic heterocycles. The number of aryl methyl sites for hydroxylation is 2. The highest BCUT2D eigenvalue weighted by molar-refractivity contribution is 5.81. The molecule has 0 aliphatic rings. The molecular weight excluding hydrogens is 252 g/mol. The molecule has 1 N–H and O–H groups in total. The number of carbonyl (C=O) groups is 1. The molecule has 0 bridgehead atoms. The standard InChI is InChI=1S/C15H28N4O/c1-10(2)8-14(15(20)18(5)6)16-11(3)13-9-19(7)17-12(13)4/h9-11,14,16H,8H2,1-7H3. The number of amides is 1. The molecule has 0 spiro atoms. The molecule has 0 aliphatic carbocycles. The molecule has 0 radical (unpaired) electrons. The van der Waals surface area contributed by atoms with Gasteiger partial charge in [0.15, 0.2) is 0 Å². The molecule has 0 saturated heterocycles. The summed E-state index contributed by atoms with van der Waals surface area (Å²) < 4.78 is 1.81. The molecule has 0 aromatic carbocycles. The molecule has 5 heteroatoms. The van der Waals surface area contributed by atoms with Gasteiger partial charge in [-0.05, 0) is 26.2 Å². The second-order valence-electron chi connectivity index (χ2n) is 6.15. The Balaban J connectivity index is 2.83. The average molecular weight is 280 g/mol. The lowest BCUT2D eigenvalue weighted by atomic mass is 10.0. The summed E-state index contributed by atoms with van der Waals surface area (Å²) in [5.74, 6) is 0.602. The van der Waals surface area contributed by atoms with Crippen LogP contribution in [-0.4, -0.2) is 40.7 Å². The molecular formula is C15H28N4O. The van der Waals surface area contributed by atoms with Crippen LogP contribution >= 0.6 is 0 Å². The molecule has 5 nitrogen and oxygen atoms in total. The molecule has 1 amide bonds. The van der Waals surface area contributed by atoms with Crippen molar-refractivity contribution in [1.29, 1.82) is 0 Å². The van der Waals surface area contributed by atoms with Crippen molar-refractivity contribution in [3.63, 3.8) is 0 Å². The minimum absolute atomic E-state index is 0.108. The Bertz CT molecular complexity index is 451. The molecule has 1 heterocycles. The van der Waals surface area contributed by atoms with E-state index >= 15 is 0 Å². The highest BCUT2D eigenvalue weighted by Crippen LogP contribution is 2.18. The monoisotopic (exact) mass is 280 g/mol. The number of nitrogens with one attached hydrogen (secondary N) is 1. The van der Waals surface area contributed by atoms with E-state index in [0.717, 1.165) is 17.7 Å². The van der Waals surface area contributed by atoms with Crippen molar-refractivity contribution in [3.05, 3.63) is 17.5 Å².